The van der Waals surface area contributed by atoms with Crippen molar-refractivity contribution in [3.8, 4) is 0 Å². The summed E-state index contributed by atoms with van der Waals surface area (Å²) in [7, 11) is 1.98. The van der Waals surface area contributed by atoms with E-state index in [0.717, 1.165) is 34.1 Å². The van der Waals surface area contributed by atoms with Gasteiger partial charge in [-0.25, -0.2) is 0 Å². The predicted molar refractivity (Wildman–Crippen MR) is 79.6 cm³/mol. The topological polar surface area (TPSA) is 34.1 Å². The molecule has 1 aliphatic heterocycles. The molecule has 1 aromatic rings. The van der Waals surface area contributed by atoms with Gasteiger partial charge in [-0.2, -0.15) is 0 Å². The predicted octanol–water partition coefficient (Wildman–Crippen LogP) is 3.83. The standard InChI is InChI=1S/C13H18Br2N2O/c1-16-12(5-4-10-3-2-6-18-10)13-11(15)7-9(14)8-17-13/h7-8,10,12,16H,2-6H2,1H3. The SMILES string of the molecule is CNC(CCC1CCCO1)c1ncc(Br)cc1Br. The zero-order valence-corrected chi connectivity index (χ0v) is 13.6. The Bertz CT molecular complexity index is 395. The Morgan fingerprint density at radius 3 is 3.00 bits per heavy atom. The van der Waals surface area contributed by atoms with Gasteiger partial charge >= 0.3 is 0 Å². The molecule has 0 saturated carbocycles. The Morgan fingerprint density at radius 1 is 1.56 bits per heavy atom. The van der Waals surface area contributed by atoms with Crippen LogP contribution >= 0.6 is 31.9 Å². The zero-order valence-electron chi connectivity index (χ0n) is 10.5. The monoisotopic (exact) mass is 376 g/mol. The van der Waals surface area contributed by atoms with Crippen molar-refractivity contribution in [2.24, 2.45) is 0 Å². The Balaban J connectivity index is 1.98. The largest absolute Gasteiger partial charge is 0.378 e. The summed E-state index contributed by atoms with van der Waals surface area (Å²) in [4.78, 5) is 4.50. The first kappa shape index (κ1) is 14.4. The molecule has 0 aliphatic carbocycles. The summed E-state index contributed by atoms with van der Waals surface area (Å²) < 4.78 is 7.70. The molecule has 1 fully saturated rings. The molecule has 1 aliphatic rings. The summed E-state index contributed by atoms with van der Waals surface area (Å²) in [5, 5.41) is 3.34. The van der Waals surface area contributed by atoms with Gasteiger partial charge in [-0.05, 0) is 70.7 Å². The number of ether oxygens (including phenoxy) is 1. The average Bonchev–Trinajstić information content (AvgIpc) is 2.85. The van der Waals surface area contributed by atoms with Crippen LogP contribution in [0.5, 0.6) is 0 Å². The van der Waals surface area contributed by atoms with Crippen LogP contribution in [0, 0.1) is 0 Å². The number of rotatable bonds is 5. The van der Waals surface area contributed by atoms with Gasteiger partial charge < -0.3 is 10.1 Å². The van der Waals surface area contributed by atoms with Gasteiger partial charge in [0.1, 0.15) is 0 Å². The molecule has 2 heterocycles. The first-order valence-corrected chi connectivity index (χ1v) is 7.89. The molecule has 1 aromatic heterocycles. The highest BCUT2D eigenvalue weighted by atomic mass is 79.9. The third kappa shape index (κ3) is 3.76. The molecular weight excluding hydrogens is 360 g/mol. The van der Waals surface area contributed by atoms with E-state index in [0.29, 0.717) is 6.10 Å². The van der Waals surface area contributed by atoms with E-state index < -0.39 is 0 Å². The van der Waals surface area contributed by atoms with E-state index in [1.165, 1.54) is 12.8 Å². The second kappa shape index (κ2) is 6.98. The van der Waals surface area contributed by atoms with Crippen LogP contribution in [0.15, 0.2) is 21.2 Å². The fraction of sp³-hybridized carbons (Fsp3) is 0.615. The summed E-state index contributed by atoms with van der Waals surface area (Å²) in [5.74, 6) is 0. The fourth-order valence-corrected chi connectivity index (χ4v) is 3.59. The molecular formula is C13H18Br2N2O. The lowest BCUT2D eigenvalue weighted by molar-refractivity contribution is 0.0997. The molecule has 2 atom stereocenters. The van der Waals surface area contributed by atoms with Crippen molar-refractivity contribution in [2.75, 3.05) is 13.7 Å². The van der Waals surface area contributed by atoms with Crippen LogP contribution in [0.1, 0.15) is 37.4 Å². The quantitative estimate of drug-likeness (QED) is 0.846. The lowest BCUT2D eigenvalue weighted by atomic mass is 10.0. The van der Waals surface area contributed by atoms with Crippen LogP contribution in [0.3, 0.4) is 0 Å². The number of halogens is 2. The average molecular weight is 378 g/mol. The summed E-state index contributed by atoms with van der Waals surface area (Å²) >= 11 is 7.01. The number of nitrogens with zero attached hydrogens (tertiary/aromatic N) is 1. The highest BCUT2D eigenvalue weighted by Gasteiger charge is 2.20. The minimum Gasteiger partial charge on any atom is -0.378 e. The maximum atomic E-state index is 5.67. The first-order valence-electron chi connectivity index (χ1n) is 6.30. The molecule has 0 bridgehead atoms. The van der Waals surface area contributed by atoms with Crippen LogP contribution in [0.2, 0.25) is 0 Å². The smallest absolute Gasteiger partial charge is 0.0715 e. The highest BCUT2D eigenvalue weighted by Crippen LogP contribution is 2.28. The van der Waals surface area contributed by atoms with Gasteiger partial charge in [-0.15, -0.1) is 0 Å². The molecule has 1 N–H and O–H groups in total. The molecule has 2 unspecified atom stereocenters. The van der Waals surface area contributed by atoms with Gasteiger partial charge in [0.15, 0.2) is 0 Å². The van der Waals surface area contributed by atoms with Crippen LogP contribution in [0.25, 0.3) is 0 Å². The summed E-state index contributed by atoms with van der Waals surface area (Å²) in [6.07, 6.45) is 6.83. The first-order chi connectivity index (χ1) is 8.70. The van der Waals surface area contributed by atoms with E-state index in [1.807, 2.05) is 19.3 Å². The number of pyridine rings is 1. The third-order valence-electron chi connectivity index (χ3n) is 3.32. The number of nitrogens with one attached hydrogen (secondary N) is 1. The molecule has 0 aromatic carbocycles. The Hall–Kier alpha value is 0.0300. The highest BCUT2D eigenvalue weighted by molar-refractivity contribution is 9.11. The lowest BCUT2D eigenvalue weighted by Crippen LogP contribution is -2.20. The van der Waals surface area contributed by atoms with Crippen molar-refractivity contribution in [3.05, 3.63) is 26.9 Å². The number of aromatic nitrogens is 1. The second-order valence-electron chi connectivity index (χ2n) is 4.57. The molecule has 0 radical (unpaired) electrons. The van der Waals surface area contributed by atoms with Crippen molar-refractivity contribution in [2.45, 2.75) is 37.8 Å². The summed E-state index contributed by atoms with van der Waals surface area (Å²) in [6.45, 7) is 0.926. The third-order valence-corrected chi connectivity index (χ3v) is 4.38. The van der Waals surface area contributed by atoms with E-state index in [2.05, 4.69) is 42.2 Å². The molecule has 100 valence electrons. The van der Waals surface area contributed by atoms with Gasteiger partial charge in [-0.3, -0.25) is 4.98 Å². The minimum absolute atomic E-state index is 0.275. The summed E-state index contributed by atoms with van der Waals surface area (Å²) in [6, 6.07) is 2.32. The van der Waals surface area contributed by atoms with Crippen LogP contribution in [0.4, 0.5) is 0 Å². The second-order valence-corrected chi connectivity index (χ2v) is 6.34. The van der Waals surface area contributed by atoms with Gasteiger partial charge in [-0.1, -0.05) is 0 Å². The maximum absolute atomic E-state index is 5.67. The summed E-state index contributed by atoms with van der Waals surface area (Å²) in [5.41, 5.74) is 1.07. The molecule has 0 amide bonds. The minimum atomic E-state index is 0.275. The van der Waals surface area contributed by atoms with E-state index in [9.17, 15) is 0 Å². The fourth-order valence-electron chi connectivity index (χ4n) is 2.32. The molecule has 2 rings (SSSR count). The number of hydrogen-bond donors (Lipinski definition) is 1. The van der Waals surface area contributed by atoms with Gasteiger partial charge in [0.05, 0.1) is 17.8 Å². The Morgan fingerprint density at radius 2 is 2.39 bits per heavy atom. The van der Waals surface area contributed by atoms with E-state index in [1.54, 1.807) is 0 Å². The van der Waals surface area contributed by atoms with Crippen LogP contribution in [-0.2, 0) is 4.74 Å². The molecule has 3 nitrogen and oxygen atoms in total. The van der Waals surface area contributed by atoms with E-state index in [-0.39, 0.29) is 6.04 Å². The van der Waals surface area contributed by atoms with Crippen LogP contribution < -0.4 is 5.32 Å². The van der Waals surface area contributed by atoms with E-state index >= 15 is 0 Å². The number of hydrogen-bond acceptors (Lipinski definition) is 3. The molecule has 5 heteroatoms. The molecule has 18 heavy (non-hydrogen) atoms. The Labute approximate surface area is 125 Å². The molecule has 1 saturated heterocycles. The van der Waals surface area contributed by atoms with Gasteiger partial charge in [0.2, 0.25) is 0 Å². The van der Waals surface area contributed by atoms with Crippen molar-refractivity contribution >= 4 is 31.9 Å². The van der Waals surface area contributed by atoms with Gasteiger partial charge in [0, 0.05) is 21.7 Å². The van der Waals surface area contributed by atoms with Crippen molar-refractivity contribution in [1.82, 2.24) is 10.3 Å². The van der Waals surface area contributed by atoms with Crippen molar-refractivity contribution in [1.29, 1.82) is 0 Å². The lowest BCUT2D eigenvalue weighted by Gasteiger charge is -2.19. The van der Waals surface area contributed by atoms with Crippen molar-refractivity contribution < 1.29 is 4.74 Å². The van der Waals surface area contributed by atoms with E-state index in [4.69, 9.17) is 4.74 Å². The Kier molecular flexibility index (Phi) is 5.60. The van der Waals surface area contributed by atoms with Crippen LogP contribution in [-0.4, -0.2) is 24.7 Å². The van der Waals surface area contributed by atoms with Gasteiger partial charge in [0.25, 0.3) is 0 Å². The normalized spacial score (nSPS) is 21.2. The van der Waals surface area contributed by atoms with Crippen molar-refractivity contribution in [3.63, 3.8) is 0 Å². The maximum Gasteiger partial charge on any atom is 0.0715 e. The molecule has 0 spiro atoms. The zero-order chi connectivity index (χ0) is 13.0.